The van der Waals surface area contributed by atoms with Crippen molar-refractivity contribution in [2.45, 2.75) is 50.8 Å². The number of fused-ring (bicyclic) bond motifs is 3. The fourth-order valence-corrected chi connectivity index (χ4v) is 4.20. The summed E-state index contributed by atoms with van der Waals surface area (Å²) in [7, 11) is 0. The number of aliphatic hydroxyl groups excluding tert-OH is 1. The monoisotopic (exact) mass is 260 g/mol. The van der Waals surface area contributed by atoms with Crippen molar-refractivity contribution in [3.8, 4) is 0 Å². The van der Waals surface area contributed by atoms with E-state index >= 15 is 0 Å². The van der Waals surface area contributed by atoms with Crippen LogP contribution in [0.2, 0.25) is 0 Å². The summed E-state index contributed by atoms with van der Waals surface area (Å²) in [4.78, 5) is 0. The average molecular weight is 260 g/mol. The zero-order valence-electron chi connectivity index (χ0n) is 11.0. The van der Waals surface area contributed by atoms with Crippen molar-refractivity contribution in [3.05, 3.63) is 35.4 Å². The van der Waals surface area contributed by atoms with Crippen LogP contribution >= 0.6 is 0 Å². The normalized spacial score (nSPS) is 35.9. The molecule has 1 spiro atoms. The average Bonchev–Trinajstić information content (AvgIpc) is 2.91. The van der Waals surface area contributed by atoms with E-state index in [4.69, 9.17) is 9.47 Å². The Kier molecular flexibility index (Phi) is 2.69. The lowest BCUT2D eigenvalue weighted by atomic mass is 9.94. The molecule has 0 unspecified atom stereocenters. The van der Waals surface area contributed by atoms with Crippen LogP contribution in [0.15, 0.2) is 24.3 Å². The van der Waals surface area contributed by atoms with Gasteiger partial charge in [-0.15, -0.1) is 0 Å². The lowest BCUT2D eigenvalue weighted by Crippen LogP contribution is -2.43. The van der Waals surface area contributed by atoms with Crippen molar-refractivity contribution in [2.75, 3.05) is 0 Å². The molecule has 3 atom stereocenters. The molecule has 3 aliphatic rings. The van der Waals surface area contributed by atoms with Gasteiger partial charge in [0.1, 0.15) is 0 Å². The lowest BCUT2D eigenvalue weighted by Gasteiger charge is -2.35. The van der Waals surface area contributed by atoms with Gasteiger partial charge in [-0.25, -0.2) is 0 Å². The van der Waals surface area contributed by atoms with Gasteiger partial charge in [-0.2, -0.15) is 0 Å². The van der Waals surface area contributed by atoms with E-state index in [2.05, 4.69) is 12.1 Å². The molecule has 2 aliphatic carbocycles. The Labute approximate surface area is 113 Å². The van der Waals surface area contributed by atoms with Crippen LogP contribution in [-0.4, -0.2) is 17.0 Å². The van der Waals surface area contributed by atoms with E-state index in [0.717, 1.165) is 25.7 Å². The fourth-order valence-electron chi connectivity index (χ4n) is 4.20. The van der Waals surface area contributed by atoms with Gasteiger partial charge in [0.2, 0.25) is 0 Å². The van der Waals surface area contributed by atoms with Crippen molar-refractivity contribution in [2.24, 2.45) is 11.8 Å². The third-order valence-electron chi connectivity index (χ3n) is 5.19. The number of hydrogen-bond donors (Lipinski definition) is 1. The first-order chi connectivity index (χ1) is 9.28. The maximum atomic E-state index is 10.3. The van der Waals surface area contributed by atoms with Crippen LogP contribution in [0.1, 0.15) is 36.8 Å². The van der Waals surface area contributed by atoms with Crippen LogP contribution in [0.4, 0.5) is 0 Å². The minimum absolute atomic E-state index is 0.168. The Morgan fingerprint density at radius 3 is 2.37 bits per heavy atom. The molecular formula is C16H20O3. The first-order valence-corrected chi connectivity index (χ1v) is 7.31. The molecule has 3 nitrogen and oxygen atoms in total. The first-order valence-electron chi connectivity index (χ1n) is 7.31. The standard InChI is InChI=1S/C16H20O3/c17-14-6-5-11-7-8-16(15(11)14)18-9-12-3-1-2-4-13(12)10-19-16/h1-4,11,14-15,17H,5-10H2/t11-,14-,15+/m0/s1. The number of aliphatic hydroxyl groups is 1. The van der Waals surface area contributed by atoms with E-state index in [0.29, 0.717) is 19.1 Å². The smallest absolute Gasteiger partial charge is 0.174 e. The van der Waals surface area contributed by atoms with Gasteiger partial charge < -0.3 is 14.6 Å². The second-order valence-electron chi connectivity index (χ2n) is 6.13. The molecule has 1 aromatic rings. The highest BCUT2D eigenvalue weighted by Crippen LogP contribution is 2.53. The molecule has 1 N–H and O–H groups in total. The maximum absolute atomic E-state index is 10.3. The second-order valence-corrected chi connectivity index (χ2v) is 6.13. The molecule has 4 rings (SSSR count). The topological polar surface area (TPSA) is 38.7 Å². The van der Waals surface area contributed by atoms with Gasteiger partial charge in [-0.1, -0.05) is 24.3 Å². The van der Waals surface area contributed by atoms with Gasteiger partial charge in [-0.3, -0.25) is 0 Å². The largest absolute Gasteiger partial charge is 0.393 e. The fraction of sp³-hybridized carbons (Fsp3) is 0.625. The molecule has 1 aromatic carbocycles. The van der Waals surface area contributed by atoms with Gasteiger partial charge in [0.25, 0.3) is 0 Å². The van der Waals surface area contributed by atoms with Crippen LogP contribution in [0, 0.1) is 11.8 Å². The van der Waals surface area contributed by atoms with Gasteiger partial charge in [0.15, 0.2) is 5.79 Å². The Hall–Kier alpha value is -0.900. The number of hydrogen-bond acceptors (Lipinski definition) is 3. The number of rotatable bonds is 0. The Bertz CT molecular complexity index is 458. The van der Waals surface area contributed by atoms with Gasteiger partial charge >= 0.3 is 0 Å². The molecular weight excluding hydrogens is 240 g/mol. The van der Waals surface area contributed by atoms with E-state index in [1.807, 2.05) is 12.1 Å². The van der Waals surface area contributed by atoms with E-state index in [9.17, 15) is 5.11 Å². The minimum Gasteiger partial charge on any atom is -0.393 e. The van der Waals surface area contributed by atoms with Crippen molar-refractivity contribution >= 4 is 0 Å². The second kappa shape index (κ2) is 4.30. The van der Waals surface area contributed by atoms with E-state index in [-0.39, 0.29) is 12.0 Å². The highest BCUT2D eigenvalue weighted by Gasteiger charge is 2.56. The lowest BCUT2D eigenvalue weighted by molar-refractivity contribution is -0.275. The minimum atomic E-state index is -0.542. The Balaban J connectivity index is 1.64. The Morgan fingerprint density at radius 2 is 1.68 bits per heavy atom. The molecule has 3 heteroatoms. The van der Waals surface area contributed by atoms with Crippen molar-refractivity contribution in [1.82, 2.24) is 0 Å². The molecule has 0 bridgehead atoms. The first kappa shape index (κ1) is 11.9. The van der Waals surface area contributed by atoms with Crippen molar-refractivity contribution < 1.29 is 14.6 Å². The van der Waals surface area contributed by atoms with E-state index in [1.54, 1.807) is 0 Å². The summed E-state index contributed by atoms with van der Waals surface area (Å²) in [5.41, 5.74) is 2.44. The summed E-state index contributed by atoms with van der Waals surface area (Å²) in [5, 5.41) is 10.3. The Morgan fingerprint density at radius 1 is 1.00 bits per heavy atom. The summed E-state index contributed by atoms with van der Waals surface area (Å²) < 4.78 is 12.4. The molecule has 0 amide bonds. The number of benzene rings is 1. The maximum Gasteiger partial charge on any atom is 0.174 e. The van der Waals surface area contributed by atoms with Gasteiger partial charge in [-0.05, 0) is 36.3 Å². The van der Waals surface area contributed by atoms with Crippen molar-refractivity contribution in [3.63, 3.8) is 0 Å². The zero-order valence-corrected chi connectivity index (χ0v) is 11.0. The molecule has 102 valence electrons. The molecule has 0 radical (unpaired) electrons. The van der Waals surface area contributed by atoms with Crippen LogP contribution in [0.25, 0.3) is 0 Å². The molecule has 2 fully saturated rings. The SMILES string of the molecule is O[C@H]1CC[C@H]2CCC3(OCc4ccccc4CO3)[C@H]21. The van der Waals surface area contributed by atoms with Gasteiger partial charge in [0, 0.05) is 12.3 Å². The van der Waals surface area contributed by atoms with Crippen LogP contribution in [0.3, 0.4) is 0 Å². The zero-order chi connectivity index (χ0) is 12.9. The van der Waals surface area contributed by atoms with E-state index in [1.165, 1.54) is 11.1 Å². The quantitative estimate of drug-likeness (QED) is 0.779. The molecule has 19 heavy (non-hydrogen) atoms. The molecule has 0 aromatic heterocycles. The predicted octanol–water partition coefficient (Wildman–Crippen LogP) is 2.61. The number of ether oxygens (including phenoxy) is 2. The molecule has 2 saturated carbocycles. The summed E-state index contributed by atoms with van der Waals surface area (Å²) >= 11 is 0. The van der Waals surface area contributed by atoms with Crippen molar-refractivity contribution in [1.29, 1.82) is 0 Å². The highest BCUT2D eigenvalue weighted by molar-refractivity contribution is 5.26. The molecule has 1 heterocycles. The molecule has 1 aliphatic heterocycles. The highest BCUT2D eigenvalue weighted by atomic mass is 16.7. The van der Waals surface area contributed by atoms with Crippen LogP contribution < -0.4 is 0 Å². The summed E-state index contributed by atoms with van der Waals surface area (Å²) in [6.45, 7) is 1.21. The third-order valence-corrected chi connectivity index (χ3v) is 5.19. The van der Waals surface area contributed by atoms with Gasteiger partial charge in [0.05, 0.1) is 19.3 Å². The predicted molar refractivity (Wildman–Crippen MR) is 70.2 cm³/mol. The van der Waals surface area contributed by atoms with Crippen LogP contribution in [-0.2, 0) is 22.7 Å². The van der Waals surface area contributed by atoms with Crippen LogP contribution in [0.5, 0.6) is 0 Å². The summed E-state index contributed by atoms with van der Waals surface area (Å²) in [5.74, 6) is 0.206. The summed E-state index contributed by atoms with van der Waals surface area (Å²) in [6, 6.07) is 8.30. The third kappa shape index (κ3) is 1.76. The summed E-state index contributed by atoms with van der Waals surface area (Å²) in [6.07, 6.45) is 3.81. The molecule has 0 saturated heterocycles. The van der Waals surface area contributed by atoms with E-state index < -0.39 is 5.79 Å².